The number of hydrogen-bond acceptors (Lipinski definition) is 3. The predicted octanol–water partition coefficient (Wildman–Crippen LogP) is 3.74. The molecule has 2 aromatic rings. The lowest BCUT2D eigenvalue weighted by molar-refractivity contribution is -0.133. The van der Waals surface area contributed by atoms with E-state index in [4.69, 9.17) is 0 Å². The number of carbonyl (C=O) groups is 1. The van der Waals surface area contributed by atoms with Gasteiger partial charge in [-0.15, -0.1) is 0 Å². The van der Waals surface area contributed by atoms with Crippen LogP contribution in [0.4, 0.5) is 0 Å². The molecule has 2 aliphatic rings. The SMILES string of the molecule is CCN1C[C@H](c2ccccc2)CC2(CCN(C(=O)Cc3cccnc3)CC2)C1. The van der Waals surface area contributed by atoms with E-state index < -0.39 is 0 Å². The Bertz CT molecular complexity index is 769. The van der Waals surface area contributed by atoms with Gasteiger partial charge in [0, 0.05) is 38.6 Å². The summed E-state index contributed by atoms with van der Waals surface area (Å²) in [6, 6.07) is 14.9. The van der Waals surface area contributed by atoms with Crippen molar-refractivity contribution in [2.75, 3.05) is 32.7 Å². The number of benzene rings is 1. The van der Waals surface area contributed by atoms with Gasteiger partial charge in [0.2, 0.25) is 5.91 Å². The van der Waals surface area contributed by atoms with E-state index in [0.717, 1.165) is 44.6 Å². The molecule has 1 aromatic heterocycles. The highest BCUT2D eigenvalue weighted by Crippen LogP contribution is 2.45. The molecule has 28 heavy (non-hydrogen) atoms. The van der Waals surface area contributed by atoms with Crippen LogP contribution in [0, 0.1) is 5.41 Å². The Morgan fingerprint density at radius 3 is 2.61 bits per heavy atom. The Hall–Kier alpha value is -2.20. The van der Waals surface area contributed by atoms with Gasteiger partial charge in [-0.2, -0.15) is 0 Å². The van der Waals surface area contributed by atoms with Crippen molar-refractivity contribution in [1.29, 1.82) is 0 Å². The smallest absolute Gasteiger partial charge is 0.227 e. The third-order valence-corrected chi connectivity index (χ3v) is 6.69. The quantitative estimate of drug-likeness (QED) is 0.814. The normalized spacial score (nSPS) is 22.3. The molecule has 0 bridgehead atoms. The van der Waals surface area contributed by atoms with Gasteiger partial charge in [-0.25, -0.2) is 0 Å². The van der Waals surface area contributed by atoms with Crippen LogP contribution in [-0.2, 0) is 11.2 Å². The molecule has 0 radical (unpaired) electrons. The number of likely N-dealkylation sites (N-methyl/N-ethyl adjacent to an activating group) is 1. The van der Waals surface area contributed by atoms with Crippen LogP contribution >= 0.6 is 0 Å². The van der Waals surface area contributed by atoms with Crippen LogP contribution in [-0.4, -0.2) is 53.4 Å². The van der Waals surface area contributed by atoms with Crippen LogP contribution in [0.2, 0.25) is 0 Å². The molecule has 4 heteroatoms. The molecule has 0 aliphatic carbocycles. The van der Waals surface area contributed by atoms with Crippen molar-refractivity contribution in [3.05, 3.63) is 66.0 Å². The molecule has 0 N–H and O–H groups in total. The summed E-state index contributed by atoms with van der Waals surface area (Å²) in [5, 5.41) is 0. The maximum Gasteiger partial charge on any atom is 0.227 e. The zero-order valence-electron chi connectivity index (χ0n) is 16.9. The van der Waals surface area contributed by atoms with Crippen molar-refractivity contribution in [2.24, 2.45) is 5.41 Å². The van der Waals surface area contributed by atoms with E-state index in [1.807, 2.05) is 12.1 Å². The topological polar surface area (TPSA) is 36.4 Å². The maximum absolute atomic E-state index is 12.7. The van der Waals surface area contributed by atoms with Gasteiger partial charge in [0.1, 0.15) is 0 Å². The number of rotatable bonds is 4. The maximum atomic E-state index is 12.7. The summed E-state index contributed by atoms with van der Waals surface area (Å²) in [6.45, 7) is 7.49. The average molecular weight is 378 g/mol. The van der Waals surface area contributed by atoms with E-state index in [0.29, 0.717) is 17.8 Å². The van der Waals surface area contributed by atoms with Gasteiger partial charge in [-0.1, -0.05) is 43.3 Å². The highest BCUT2D eigenvalue weighted by molar-refractivity contribution is 5.78. The first-order valence-corrected chi connectivity index (χ1v) is 10.6. The summed E-state index contributed by atoms with van der Waals surface area (Å²) in [5.41, 5.74) is 2.82. The number of nitrogens with zero attached hydrogens (tertiary/aromatic N) is 3. The molecular weight excluding hydrogens is 346 g/mol. The number of pyridine rings is 1. The number of aromatic nitrogens is 1. The number of piperidine rings is 2. The standard InChI is InChI=1S/C24H31N3O/c1-2-26-18-22(21-8-4-3-5-9-21)16-24(19-26)10-13-27(14-11-24)23(28)15-20-7-6-12-25-17-20/h3-9,12,17,22H,2,10-11,13-16,18-19H2,1H3/t22-/m1/s1. The summed E-state index contributed by atoms with van der Waals surface area (Å²) in [5.74, 6) is 0.846. The molecule has 1 atom stereocenters. The van der Waals surface area contributed by atoms with Crippen molar-refractivity contribution < 1.29 is 4.79 Å². The number of likely N-dealkylation sites (tertiary alicyclic amines) is 2. The molecule has 0 saturated carbocycles. The minimum atomic E-state index is 0.241. The number of carbonyl (C=O) groups excluding carboxylic acids is 1. The highest BCUT2D eigenvalue weighted by atomic mass is 16.2. The van der Waals surface area contributed by atoms with E-state index in [9.17, 15) is 4.79 Å². The summed E-state index contributed by atoms with van der Waals surface area (Å²) in [7, 11) is 0. The van der Waals surface area contributed by atoms with E-state index in [1.165, 1.54) is 18.5 Å². The minimum absolute atomic E-state index is 0.241. The summed E-state index contributed by atoms with van der Waals surface area (Å²) in [6.07, 6.45) is 7.50. The van der Waals surface area contributed by atoms with Gasteiger partial charge < -0.3 is 9.80 Å². The van der Waals surface area contributed by atoms with Crippen molar-refractivity contribution in [3.63, 3.8) is 0 Å². The largest absolute Gasteiger partial charge is 0.342 e. The second kappa shape index (κ2) is 8.44. The van der Waals surface area contributed by atoms with Gasteiger partial charge in [0.05, 0.1) is 6.42 Å². The van der Waals surface area contributed by atoms with Crippen molar-refractivity contribution >= 4 is 5.91 Å². The monoisotopic (exact) mass is 377 g/mol. The van der Waals surface area contributed by atoms with E-state index in [2.05, 4.69) is 52.0 Å². The summed E-state index contributed by atoms with van der Waals surface area (Å²) >= 11 is 0. The molecule has 2 fully saturated rings. The molecule has 4 rings (SSSR count). The van der Waals surface area contributed by atoms with E-state index >= 15 is 0 Å². The molecule has 2 aliphatic heterocycles. The molecule has 3 heterocycles. The third-order valence-electron chi connectivity index (χ3n) is 6.69. The van der Waals surface area contributed by atoms with Crippen LogP contribution in [0.15, 0.2) is 54.9 Å². The van der Waals surface area contributed by atoms with Crippen LogP contribution < -0.4 is 0 Å². The Labute approximate surface area is 168 Å². The Morgan fingerprint density at radius 1 is 1.14 bits per heavy atom. The lowest BCUT2D eigenvalue weighted by Gasteiger charge is -2.50. The Balaban J connectivity index is 1.41. The zero-order chi connectivity index (χ0) is 19.4. The van der Waals surface area contributed by atoms with Crippen molar-refractivity contribution in [2.45, 2.75) is 38.5 Å². The van der Waals surface area contributed by atoms with Crippen LogP contribution in [0.5, 0.6) is 0 Å². The Kier molecular flexibility index (Phi) is 5.77. The number of hydrogen-bond donors (Lipinski definition) is 0. The molecule has 4 nitrogen and oxygen atoms in total. The first kappa shape index (κ1) is 19.1. The van der Waals surface area contributed by atoms with Gasteiger partial charge in [-0.05, 0) is 54.3 Å². The van der Waals surface area contributed by atoms with E-state index in [1.54, 1.807) is 12.4 Å². The average Bonchev–Trinajstić information content (AvgIpc) is 2.75. The Morgan fingerprint density at radius 2 is 1.93 bits per heavy atom. The second-order valence-electron chi connectivity index (χ2n) is 8.56. The zero-order valence-corrected chi connectivity index (χ0v) is 16.9. The highest BCUT2D eigenvalue weighted by Gasteiger charge is 2.42. The molecule has 2 saturated heterocycles. The fourth-order valence-corrected chi connectivity index (χ4v) is 5.07. The first-order chi connectivity index (χ1) is 13.7. The molecule has 0 unspecified atom stereocenters. The third kappa shape index (κ3) is 4.27. The van der Waals surface area contributed by atoms with Crippen molar-refractivity contribution in [1.82, 2.24) is 14.8 Å². The fraction of sp³-hybridized carbons (Fsp3) is 0.500. The molecule has 1 spiro atoms. The van der Waals surface area contributed by atoms with Gasteiger partial charge in [0.15, 0.2) is 0 Å². The molecule has 1 amide bonds. The fourth-order valence-electron chi connectivity index (χ4n) is 5.07. The van der Waals surface area contributed by atoms with Crippen LogP contribution in [0.1, 0.15) is 43.2 Å². The van der Waals surface area contributed by atoms with Gasteiger partial charge in [-0.3, -0.25) is 9.78 Å². The van der Waals surface area contributed by atoms with Crippen LogP contribution in [0.3, 0.4) is 0 Å². The first-order valence-electron chi connectivity index (χ1n) is 10.6. The van der Waals surface area contributed by atoms with Gasteiger partial charge >= 0.3 is 0 Å². The lowest BCUT2D eigenvalue weighted by Crippen LogP contribution is -2.52. The lowest BCUT2D eigenvalue weighted by atomic mass is 9.68. The number of amides is 1. The summed E-state index contributed by atoms with van der Waals surface area (Å²) in [4.78, 5) is 21.6. The second-order valence-corrected chi connectivity index (χ2v) is 8.56. The molecular formula is C24H31N3O. The molecule has 1 aromatic carbocycles. The van der Waals surface area contributed by atoms with E-state index in [-0.39, 0.29) is 5.91 Å². The predicted molar refractivity (Wildman–Crippen MR) is 112 cm³/mol. The minimum Gasteiger partial charge on any atom is -0.342 e. The van der Waals surface area contributed by atoms with Crippen LogP contribution in [0.25, 0.3) is 0 Å². The van der Waals surface area contributed by atoms with Crippen molar-refractivity contribution in [3.8, 4) is 0 Å². The summed E-state index contributed by atoms with van der Waals surface area (Å²) < 4.78 is 0. The van der Waals surface area contributed by atoms with Gasteiger partial charge in [0.25, 0.3) is 0 Å². The molecule has 148 valence electrons.